The minimum Gasteiger partial charge on any atom is -0.491 e. The summed E-state index contributed by atoms with van der Waals surface area (Å²) in [4.78, 5) is 2.13. The monoisotopic (exact) mass is 396 g/mol. The molecule has 1 N–H and O–H groups in total. The van der Waals surface area contributed by atoms with E-state index < -0.39 is 0 Å². The zero-order chi connectivity index (χ0) is 21.2. The van der Waals surface area contributed by atoms with E-state index in [9.17, 15) is 0 Å². The van der Waals surface area contributed by atoms with Gasteiger partial charge < -0.3 is 15.0 Å². The first-order chi connectivity index (χ1) is 13.8. The molecule has 1 unspecified atom stereocenters. The Morgan fingerprint density at radius 2 is 1.48 bits per heavy atom. The van der Waals surface area contributed by atoms with Crippen molar-refractivity contribution in [2.75, 3.05) is 25.5 Å². The van der Waals surface area contributed by atoms with Crippen LogP contribution in [-0.4, -0.2) is 26.7 Å². The number of nitrogens with one attached hydrogen (secondary N) is 1. The summed E-state index contributed by atoms with van der Waals surface area (Å²) in [5, 5.41) is 3.64. The van der Waals surface area contributed by atoms with E-state index in [-0.39, 0.29) is 6.10 Å². The van der Waals surface area contributed by atoms with Crippen molar-refractivity contribution in [3.63, 3.8) is 0 Å². The molecule has 0 amide bonds. The third kappa shape index (κ3) is 8.49. The van der Waals surface area contributed by atoms with Crippen LogP contribution in [0.2, 0.25) is 0 Å². The maximum atomic E-state index is 5.80. The molecular weight excluding hydrogens is 356 g/mol. The van der Waals surface area contributed by atoms with E-state index in [0.717, 1.165) is 31.2 Å². The molecule has 2 rings (SSSR count). The first-order valence-electron chi connectivity index (χ1n) is 11.1. The quantitative estimate of drug-likeness (QED) is 0.430. The van der Waals surface area contributed by atoms with Crippen LogP contribution in [0, 0.1) is 5.92 Å². The molecule has 0 spiro atoms. The molecular formula is C26H40N2O. The number of ether oxygens (including phenoxy) is 1. The van der Waals surface area contributed by atoms with Crippen molar-refractivity contribution < 1.29 is 4.74 Å². The lowest BCUT2D eigenvalue weighted by molar-refractivity contribution is 0.242. The molecule has 0 saturated carbocycles. The van der Waals surface area contributed by atoms with Gasteiger partial charge in [-0.3, -0.25) is 0 Å². The van der Waals surface area contributed by atoms with Crippen LogP contribution in [-0.2, 0) is 6.54 Å². The minimum atomic E-state index is 0.216. The lowest BCUT2D eigenvalue weighted by atomic mass is 9.88. The highest BCUT2D eigenvalue weighted by Gasteiger charge is 2.13. The molecule has 0 aliphatic rings. The molecule has 3 nitrogen and oxygen atoms in total. The van der Waals surface area contributed by atoms with Gasteiger partial charge in [0.2, 0.25) is 0 Å². The second kappa shape index (κ2) is 11.9. The Kier molecular flexibility index (Phi) is 9.53. The molecule has 0 aromatic heterocycles. The van der Waals surface area contributed by atoms with Gasteiger partial charge in [-0.05, 0) is 80.5 Å². The Labute approximate surface area is 178 Å². The van der Waals surface area contributed by atoms with Gasteiger partial charge in [0.05, 0.1) is 6.10 Å². The second-order valence-electron chi connectivity index (χ2n) is 8.93. The molecule has 1 atom stereocenters. The van der Waals surface area contributed by atoms with E-state index in [1.807, 2.05) is 0 Å². The molecule has 3 heteroatoms. The van der Waals surface area contributed by atoms with Gasteiger partial charge >= 0.3 is 0 Å². The van der Waals surface area contributed by atoms with Crippen molar-refractivity contribution >= 4 is 5.69 Å². The zero-order valence-electron chi connectivity index (χ0n) is 19.2. The van der Waals surface area contributed by atoms with Crippen LogP contribution in [0.4, 0.5) is 5.69 Å². The van der Waals surface area contributed by atoms with Crippen LogP contribution < -0.4 is 15.0 Å². The Bertz CT molecular complexity index is 690. The molecule has 0 radical (unpaired) electrons. The van der Waals surface area contributed by atoms with Crippen molar-refractivity contribution in [2.24, 2.45) is 5.92 Å². The summed E-state index contributed by atoms with van der Waals surface area (Å²) in [5.41, 5.74) is 4.01. The Morgan fingerprint density at radius 3 is 2.03 bits per heavy atom. The molecule has 0 saturated heterocycles. The van der Waals surface area contributed by atoms with Gasteiger partial charge in [-0.25, -0.2) is 0 Å². The van der Waals surface area contributed by atoms with Crippen LogP contribution in [0.3, 0.4) is 0 Å². The molecule has 0 fully saturated rings. The third-order valence-electron chi connectivity index (χ3n) is 5.27. The average molecular weight is 397 g/mol. The molecule has 0 aliphatic carbocycles. The number of anilines is 1. The van der Waals surface area contributed by atoms with Crippen molar-refractivity contribution in [2.45, 2.75) is 65.5 Å². The fourth-order valence-electron chi connectivity index (χ4n) is 3.52. The van der Waals surface area contributed by atoms with E-state index in [4.69, 9.17) is 4.74 Å². The van der Waals surface area contributed by atoms with Gasteiger partial charge in [-0.15, -0.1) is 0 Å². The van der Waals surface area contributed by atoms with Crippen molar-refractivity contribution in [3.8, 4) is 5.75 Å². The van der Waals surface area contributed by atoms with E-state index >= 15 is 0 Å². The van der Waals surface area contributed by atoms with Crippen LogP contribution in [0.15, 0.2) is 48.5 Å². The summed E-state index contributed by atoms with van der Waals surface area (Å²) in [6.07, 6.45) is 3.88. The van der Waals surface area contributed by atoms with Gasteiger partial charge in [0.25, 0.3) is 0 Å². The molecule has 2 aromatic carbocycles. The number of rotatable bonds is 12. The fraction of sp³-hybridized carbons (Fsp3) is 0.538. The van der Waals surface area contributed by atoms with Crippen LogP contribution in [0.25, 0.3) is 0 Å². The SMILES string of the molecule is CC(C)CCC(CCNCc1ccc(N(C)C)cc1)c1ccc(OC(C)C)cc1. The summed E-state index contributed by atoms with van der Waals surface area (Å²) in [6, 6.07) is 17.5. The molecule has 2 aromatic rings. The summed E-state index contributed by atoms with van der Waals surface area (Å²) >= 11 is 0. The Balaban J connectivity index is 1.89. The highest BCUT2D eigenvalue weighted by atomic mass is 16.5. The maximum Gasteiger partial charge on any atom is 0.119 e. The number of nitrogens with zero attached hydrogens (tertiary/aromatic N) is 1. The van der Waals surface area contributed by atoms with Gasteiger partial charge in [-0.1, -0.05) is 44.5 Å². The highest BCUT2D eigenvalue weighted by molar-refractivity contribution is 5.45. The maximum absolute atomic E-state index is 5.80. The summed E-state index contributed by atoms with van der Waals surface area (Å²) in [7, 11) is 4.15. The van der Waals surface area contributed by atoms with E-state index in [0.29, 0.717) is 5.92 Å². The van der Waals surface area contributed by atoms with E-state index in [2.05, 4.69) is 101 Å². The smallest absolute Gasteiger partial charge is 0.119 e. The summed E-state index contributed by atoms with van der Waals surface area (Å²) in [6.45, 7) is 10.7. The average Bonchev–Trinajstić information content (AvgIpc) is 2.68. The Morgan fingerprint density at radius 1 is 0.828 bits per heavy atom. The van der Waals surface area contributed by atoms with E-state index in [1.165, 1.54) is 29.7 Å². The van der Waals surface area contributed by atoms with Gasteiger partial charge in [-0.2, -0.15) is 0 Å². The van der Waals surface area contributed by atoms with Crippen LogP contribution in [0.5, 0.6) is 5.75 Å². The fourth-order valence-corrected chi connectivity index (χ4v) is 3.52. The lowest BCUT2D eigenvalue weighted by Crippen LogP contribution is -2.18. The molecule has 0 aliphatic heterocycles. The number of hydrogen-bond donors (Lipinski definition) is 1. The van der Waals surface area contributed by atoms with Gasteiger partial charge in [0.1, 0.15) is 5.75 Å². The number of hydrogen-bond acceptors (Lipinski definition) is 3. The Hall–Kier alpha value is -2.00. The van der Waals surface area contributed by atoms with Crippen LogP contribution in [0.1, 0.15) is 64.0 Å². The third-order valence-corrected chi connectivity index (χ3v) is 5.27. The standard InChI is InChI=1S/C26H40N2O/c1-20(2)7-10-24(23-11-15-26(16-12-23)29-21(3)4)17-18-27-19-22-8-13-25(14-9-22)28(5)6/h8-9,11-16,20-21,24,27H,7,10,17-19H2,1-6H3. The molecule has 29 heavy (non-hydrogen) atoms. The summed E-state index contributed by atoms with van der Waals surface area (Å²) < 4.78 is 5.80. The van der Waals surface area contributed by atoms with Crippen LogP contribution >= 0.6 is 0 Å². The predicted octanol–water partition coefficient (Wildman–Crippen LogP) is 6.24. The van der Waals surface area contributed by atoms with Crippen molar-refractivity contribution in [1.82, 2.24) is 5.32 Å². The van der Waals surface area contributed by atoms with Crippen molar-refractivity contribution in [3.05, 3.63) is 59.7 Å². The molecule has 0 bridgehead atoms. The summed E-state index contributed by atoms with van der Waals surface area (Å²) in [5.74, 6) is 2.30. The van der Waals surface area contributed by atoms with Gasteiger partial charge in [0.15, 0.2) is 0 Å². The molecule has 160 valence electrons. The van der Waals surface area contributed by atoms with Crippen molar-refractivity contribution in [1.29, 1.82) is 0 Å². The predicted molar refractivity (Wildman–Crippen MR) is 126 cm³/mol. The highest BCUT2D eigenvalue weighted by Crippen LogP contribution is 2.28. The van der Waals surface area contributed by atoms with Gasteiger partial charge in [0, 0.05) is 26.3 Å². The van der Waals surface area contributed by atoms with E-state index in [1.54, 1.807) is 0 Å². The first-order valence-corrected chi connectivity index (χ1v) is 11.1. The largest absolute Gasteiger partial charge is 0.491 e. The molecule has 0 heterocycles. The lowest BCUT2D eigenvalue weighted by Gasteiger charge is -2.20. The zero-order valence-corrected chi connectivity index (χ0v) is 19.2. The first kappa shape index (κ1) is 23.3. The minimum absolute atomic E-state index is 0.216. The normalized spacial score (nSPS) is 12.4. The topological polar surface area (TPSA) is 24.5 Å². The second-order valence-corrected chi connectivity index (χ2v) is 8.93. The number of benzene rings is 2.